The SMILES string of the molecule is CCN(C)Cc1cn(CCCOC(C)C)nn1. The minimum Gasteiger partial charge on any atom is -0.379 e. The van der Waals surface area contributed by atoms with Crippen LogP contribution >= 0.6 is 0 Å². The maximum Gasteiger partial charge on any atom is 0.0967 e. The van der Waals surface area contributed by atoms with Crippen LogP contribution in [0.2, 0.25) is 0 Å². The van der Waals surface area contributed by atoms with Gasteiger partial charge in [-0.2, -0.15) is 0 Å². The molecule has 0 N–H and O–H groups in total. The van der Waals surface area contributed by atoms with Crippen LogP contribution in [0.3, 0.4) is 0 Å². The highest BCUT2D eigenvalue weighted by molar-refractivity contribution is 4.91. The molecular weight excluding hydrogens is 216 g/mol. The maximum absolute atomic E-state index is 5.48. The van der Waals surface area contributed by atoms with Gasteiger partial charge in [-0.3, -0.25) is 4.68 Å². The van der Waals surface area contributed by atoms with Gasteiger partial charge >= 0.3 is 0 Å². The van der Waals surface area contributed by atoms with Crippen molar-refractivity contribution in [2.24, 2.45) is 0 Å². The molecule has 0 saturated heterocycles. The second kappa shape index (κ2) is 7.40. The Morgan fingerprint density at radius 1 is 1.47 bits per heavy atom. The Hall–Kier alpha value is -0.940. The van der Waals surface area contributed by atoms with Crippen LogP contribution < -0.4 is 0 Å². The summed E-state index contributed by atoms with van der Waals surface area (Å²) in [4.78, 5) is 2.20. The largest absolute Gasteiger partial charge is 0.379 e. The summed E-state index contributed by atoms with van der Waals surface area (Å²) in [5.41, 5.74) is 1.03. The number of hydrogen-bond donors (Lipinski definition) is 0. The van der Waals surface area contributed by atoms with E-state index in [0.29, 0.717) is 6.10 Å². The van der Waals surface area contributed by atoms with E-state index in [-0.39, 0.29) is 0 Å². The Bertz CT molecular complexity index is 311. The molecule has 0 radical (unpaired) electrons. The molecule has 0 spiro atoms. The van der Waals surface area contributed by atoms with E-state index in [1.165, 1.54) is 0 Å². The molecule has 0 aliphatic carbocycles. The zero-order valence-electron chi connectivity index (χ0n) is 11.4. The van der Waals surface area contributed by atoms with Gasteiger partial charge in [-0.05, 0) is 33.9 Å². The number of rotatable bonds is 8. The minimum absolute atomic E-state index is 0.305. The normalized spacial score (nSPS) is 11.6. The van der Waals surface area contributed by atoms with Gasteiger partial charge in [0.05, 0.1) is 11.8 Å². The van der Waals surface area contributed by atoms with Crippen molar-refractivity contribution in [3.05, 3.63) is 11.9 Å². The monoisotopic (exact) mass is 240 g/mol. The van der Waals surface area contributed by atoms with E-state index >= 15 is 0 Å². The standard InChI is InChI=1S/C12H24N4O/c1-5-15(4)9-12-10-16(14-13-12)7-6-8-17-11(2)3/h10-11H,5-9H2,1-4H3. The molecule has 17 heavy (non-hydrogen) atoms. The Labute approximate surface area is 104 Å². The first kappa shape index (κ1) is 14.1. The predicted octanol–water partition coefficient (Wildman–Crippen LogP) is 1.54. The molecule has 0 bridgehead atoms. The van der Waals surface area contributed by atoms with Crippen LogP contribution in [0.4, 0.5) is 0 Å². The van der Waals surface area contributed by atoms with E-state index in [1.807, 2.05) is 24.7 Å². The van der Waals surface area contributed by atoms with E-state index in [2.05, 4.69) is 29.2 Å². The van der Waals surface area contributed by atoms with Gasteiger partial charge in [0.2, 0.25) is 0 Å². The molecule has 0 aliphatic rings. The molecule has 5 heteroatoms. The molecule has 0 unspecified atom stereocenters. The summed E-state index contributed by atoms with van der Waals surface area (Å²) in [5, 5.41) is 8.25. The highest BCUT2D eigenvalue weighted by Crippen LogP contribution is 1.99. The van der Waals surface area contributed by atoms with Gasteiger partial charge in [0.1, 0.15) is 0 Å². The van der Waals surface area contributed by atoms with E-state index < -0.39 is 0 Å². The van der Waals surface area contributed by atoms with Crippen molar-refractivity contribution in [1.29, 1.82) is 0 Å². The van der Waals surface area contributed by atoms with Gasteiger partial charge < -0.3 is 9.64 Å². The molecule has 0 atom stereocenters. The van der Waals surface area contributed by atoms with Crippen LogP contribution in [-0.4, -0.2) is 46.2 Å². The van der Waals surface area contributed by atoms with Crippen LogP contribution in [0.25, 0.3) is 0 Å². The number of ether oxygens (including phenoxy) is 1. The van der Waals surface area contributed by atoms with Crippen LogP contribution in [0.5, 0.6) is 0 Å². The van der Waals surface area contributed by atoms with Crippen molar-refractivity contribution in [3.63, 3.8) is 0 Å². The molecule has 1 heterocycles. The number of nitrogens with zero attached hydrogens (tertiary/aromatic N) is 4. The average molecular weight is 240 g/mol. The fourth-order valence-electron chi connectivity index (χ4n) is 1.45. The summed E-state index contributed by atoms with van der Waals surface area (Å²) in [6.07, 6.45) is 3.30. The highest BCUT2D eigenvalue weighted by Gasteiger charge is 2.03. The summed E-state index contributed by atoms with van der Waals surface area (Å²) in [7, 11) is 2.08. The lowest BCUT2D eigenvalue weighted by Crippen LogP contribution is -2.16. The van der Waals surface area contributed by atoms with Crippen molar-refractivity contribution in [2.75, 3.05) is 20.2 Å². The molecule has 0 amide bonds. The van der Waals surface area contributed by atoms with Crippen LogP contribution in [0, 0.1) is 0 Å². The van der Waals surface area contributed by atoms with Crippen molar-refractivity contribution in [2.45, 2.75) is 46.4 Å². The maximum atomic E-state index is 5.48. The smallest absolute Gasteiger partial charge is 0.0967 e. The number of aromatic nitrogens is 3. The predicted molar refractivity (Wildman–Crippen MR) is 67.7 cm³/mol. The number of hydrogen-bond acceptors (Lipinski definition) is 4. The van der Waals surface area contributed by atoms with Crippen LogP contribution in [0.15, 0.2) is 6.20 Å². The van der Waals surface area contributed by atoms with Crippen molar-refractivity contribution < 1.29 is 4.74 Å². The van der Waals surface area contributed by atoms with Gasteiger partial charge in [-0.15, -0.1) is 5.10 Å². The molecule has 1 aromatic heterocycles. The Morgan fingerprint density at radius 2 is 2.24 bits per heavy atom. The lowest BCUT2D eigenvalue weighted by molar-refractivity contribution is 0.0742. The second-order valence-corrected chi connectivity index (χ2v) is 4.58. The summed E-state index contributed by atoms with van der Waals surface area (Å²) in [5.74, 6) is 0. The first-order valence-corrected chi connectivity index (χ1v) is 6.31. The van der Waals surface area contributed by atoms with Crippen molar-refractivity contribution in [1.82, 2.24) is 19.9 Å². The van der Waals surface area contributed by atoms with E-state index in [0.717, 1.165) is 38.4 Å². The molecule has 0 fully saturated rings. The van der Waals surface area contributed by atoms with E-state index in [9.17, 15) is 0 Å². The third-order valence-electron chi connectivity index (χ3n) is 2.54. The average Bonchev–Trinajstić information content (AvgIpc) is 2.72. The Balaban J connectivity index is 2.26. The fraction of sp³-hybridized carbons (Fsp3) is 0.833. The molecule has 0 aliphatic heterocycles. The lowest BCUT2D eigenvalue weighted by atomic mass is 10.4. The molecule has 98 valence electrons. The molecular formula is C12H24N4O. The second-order valence-electron chi connectivity index (χ2n) is 4.58. The van der Waals surface area contributed by atoms with Gasteiger partial charge in [0.25, 0.3) is 0 Å². The summed E-state index contributed by atoms with van der Waals surface area (Å²) in [6, 6.07) is 0. The van der Waals surface area contributed by atoms with Crippen molar-refractivity contribution in [3.8, 4) is 0 Å². The third kappa shape index (κ3) is 5.79. The molecule has 5 nitrogen and oxygen atoms in total. The lowest BCUT2D eigenvalue weighted by Gasteiger charge is -2.10. The van der Waals surface area contributed by atoms with Crippen molar-refractivity contribution >= 4 is 0 Å². The van der Waals surface area contributed by atoms with Crippen LogP contribution in [-0.2, 0) is 17.8 Å². The van der Waals surface area contributed by atoms with E-state index in [1.54, 1.807) is 0 Å². The quantitative estimate of drug-likeness (QED) is 0.647. The summed E-state index contributed by atoms with van der Waals surface area (Å²) >= 11 is 0. The van der Waals surface area contributed by atoms with Gasteiger partial charge in [-0.1, -0.05) is 12.1 Å². The van der Waals surface area contributed by atoms with Gasteiger partial charge in [0.15, 0.2) is 0 Å². The first-order valence-electron chi connectivity index (χ1n) is 6.31. The fourth-order valence-corrected chi connectivity index (χ4v) is 1.45. The Kier molecular flexibility index (Phi) is 6.15. The molecule has 0 saturated carbocycles. The first-order chi connectivity index (χ1) is 8.11. The third-order valence-corrected chi connectivity index (χ3v) is 2.54. The van der Waals surface area contributed by atoms with Gasteiger partial charge in [0, 0.05) is 25.9 Å². The summed E-state index contributed by atoms with van der Waals surface area (Å²) < 4.78 is 7.37. The topological polar surface area (TPSA) is 43.2 Å². The zero-order valence-corrected chi connectivity index (χ0v) is 11.4. The van der Waals surface area contributed by atoms with E-state index in [4.69, 9.17) is 4.74 Å². The minimum atomic E-state index is 0.305. The van der Waals surface area contributed by atoms with Gasteiger partial charge in [-0.25, -0.2) is 0 Å². The molecule has 1 aromatic rings. The zero-order chi connectivity index (χ0) is 12.7. The van der Waals surface area contributed by atoms with Crippen LogP contribution in [0.1, 0.15) is 32.9 Å². The Morgan fingerprint density at radius 3 is 2.88 bits per heavy atom. The summed E-state index contributed by atoms with van der Waals surface area (Å²) in [6.45, 7) is 9.77. The molecule has 0 aromatic carbocycles. The molecule has 1 rings (SSSR count). The number of aryl methyl sites for hydroxylation is 1. The highest BCUT2D eigenvalue weighted by atomic mass is 16.5.